The van der Waals surface area contributed by atoms with Gasteiger partial charge in [-0.15, -0.1) is 0 Å². The van der Waals surface area contributed by atoms with Crippen LogP contribution in [0, 0.1) is 23.2 Å². The molecule has 0 aromatic heterocycles. The highest BCUT2D eigenvalue weighted by atomic mass is 16.7. The maximum Gasteiger partial charge on any atom is 0.231 e. The van der Waals surface area contributed by atoms with Crippen molar-refractivity contribution in [1.29, 1.82) is 0 Å². The van der Waals surface area contributed by atoms with Gasteiger partial charge in [-0.1, -0.05) is 64.9 Å². The van der Waals surface area contributed by atoms with E-state index in [1.54, 1.807) is 0 Å². The molecule has 4 atom stereocenters. The number of nitrogens with one attached hydrogen (secondary N) is 1. The molecule has 212 valence electrons. The zero-order chi connectivity index (χ0) is 27.3. The van der Waals surface area contributed by atoms with Crippen LogP contribution in [0.3, 0.4) is 0 Å². The Morgan fingerprint density at radius 1 is 1.05 bits per heavy atom. The smallest absolute Gasteiger partial charge is 0.231 e. The van der Waals surface area contributed by atoms with E-state index in [1.807, 2.05) is 32.0 Å². The second kappa shape index (κ2) is 12.7. The lowest BCUT2D eigenvalue weighted by Gasteiger charge is -2.37. The Hall–Kier alpha value is -2.32. The number of hydrogen-bond donors (Lipinski definition) is 4. The minimum atomic E-state index is -1.08. The summed E-state index contributed by atoms with van der Waals surface area (Å²) in [5.74, 6) is 1.46. The Bertz CT molecular complexity index is 958. The van der Waals surface area contributed by atoms with Crippen molar-refractivity contribution in [1.82, 2.24) is 5.32 Å². The summed E-state index contributed by atoms with van der Waals surface area (Å²) in [5, 5.41) is 25.2. The summed E-state index contributed by atoms with van der Waals surface area (Å²) in [6.07, 6.45) is 7.52. The van der Waals surface area contributed by atoms with Gasteiger partial charge in [0.05, 0.1) is 17.6 Å². The fraction of sp³-hybridized carbons (Fsp3) is 0.733. The second-order valence-electron chi connectivity index (χ2n) is 12.4. The first-order chi connectivity index (χ1) is 18.1. The topological polar surface area (TPSA) is 131 Å². The molecule has 0 spiro atoms. The number of benzene rings is 1. The van der Waals surface area contributed by atoms with Crippen LogP contribution in [0.1, 0.15) is 90.0 Å². The van der Waals surface area contributed by atoms with Crippen LogP contribution in [-0.2, 0) is 16.0 Å². The lowest BCUT2D eigenvalue weighted by molar-refractivity contribution is -0.138. The number of amides is 2. The van der Waals surface area contributed by atoms with Crippen molar-refractivity contribution in [2.75, 3.05) is 6.79 Å². The highest BCUT2D eigenvalue weighted by Gasteiger charge is 2.46. The Morgan fingerprint density at radius 3 is 2.42 bits per heavy atom. The average molecular weight is 531 g/mol. The van der Waals surface area contributed by atoms with Crippen LogP contribution in [0.5, 0.6) is 11.5 Å². The third-order valence-corrected chi connectivity index (χ3v) is 8.50. The first kappa shape index (κ1) is 28.7. The van der Waals surface area contributed by atoms with Gasteiger partial charge in [0.25, 0.3) is 0 Å². The molecular weight excluding hydrogens is 484 g/mol. The van der Waals surface area contributed by atoms with Crippen LogP contribution in [0.25, 0.3) is 0 Å². The Morgan fingerprint density at radius 2 is 1.76 bits per heavy atom. The number of aliphatic hydroxyl groups is 2. The minimum Gasteiger partial charge on any atom is -0.454 e. The van der Waals surface area contributed by atoms with Gasteiger partial charge in [-0.2, -0.15) is 0 Å². The third kappa shape index (κ3) is 7.63. The summed E-state index contributed by atoms with van der Waals surface area (Å²) < 4.78 is 11.0. The molecule has 5 N–H and O–H groups in total. The van der Waals surface area contributed by atoms with Gasteiger partial charge in [-0.05, 0) is 61.1 Å². The molecule has 8 heteroatoms. The summed E-state index contributed by atoms with van der Waals surface area (Å²) in [5.41, 5.74) is 5.57. The zero-order valence-electron chi connectivity index (χ0n) is 23.0. The van der Waals surface area contributed by atoms with Crippen molar-refractivity contribution in [3.8, 4) is 11.5 Å². The molecule has 0 saturated heterocycles. The molecule has 2 fully saturated rings. The molecular formula is C30H46N2O6. The highest BCUT2D eigenvalue weighted by molar-refractivity contribution is 5.89. The van der Waals surface area contributed by atoms with Crippen molar-refractivity contribution in [3.63, 3.8) is 0 Å². The van der Waals surface area contributed by atoms with E-state index in [0.717, 1.165) is 44.1 Å². The number of primary amides is 1. The van der Waals surface area contributed by atoms with Gasteiger partial charge < -0.3 is 30.7 Å². The maximum absolute atomic E-state index is 14.2. The molecule has 1 aliphatic heterocycles. The van der Waals surface area contributed by atoms with E-state index in [4.69, 9.17) is 15.2 Å². The lowest BCUT2D eigenvalue weighted by Crippen LogP contribution is -2.55. The molecule has 0 bridgehead atoms. The van der Waals surface area contributed by atoms with E-state index in [-0.39, 0.29) is 25.0 Å². The summed E-state index contributed by atoms with van der Waals surface area (Å²) in [4.78, 5) is 26.6. The van der Waals surface area contributed by atoms with Crippen LogP contribution in [0.15, 0.2) is 18.2 Å². The summed E-state index contributed by atoms with van der Waals surface area (Å²) in [7, 11) is 0. The van der Waals surface area contributed by atoms with Gasteiger partial charge in [-0.3, -0.25) is 9.59 Å². The van der Waals surface area contributed by atoms with E-state index in [0.29, 0.717) is 49.0 Å². The predicted molar refractivity (Wildman–Crippen MR) is 144 cm³/mol. The number of nitrogens with two attached hydrogens (primary N) is 1. The molecule has 2 saturated carbocycles. The highest BCUT2D eigenvalue weighted by Crippen LogP contribution is 2.45. The van der Waals surface area contributed by atoms with E-state index in [2.05, 4.69) is 5.32 Å². The van der Waals surface area contributed by atoms with Crippen LogP contribution in [-0.4, -0.2) is 47.1 Å². The van der Waals surface area contributed by atoms with Gasteiger partial charge in [0.1, 0.15) is 6.10 Å². The van der Waals surface area contributed by atoms with Gasteiger partial charge in [0.15, 0.2) is 11.5 Å². The van der Waals surface area contributed by atoms with E-state index in [1.165, 1.54) is 6.42 Å². The van der Waals surface area contributed by atoms with Crippen molar-refractivity contribution < 1.29 is 29.3 Å². The SMILES string of the molecule is CC(C)C[C@H](O)[C@H](O)[C@H](CC1CCCCC1)NC(=O)[C@@](CC(N)=O)(Cc1ccc2c(c1)OCO2)CC1CC1. The summed E-state index contributed by atoms with van der Waals surface area (Å²) in [6, 6.07) is 5.02. The van der Waals surface area contributed by atoms with Gasteiger partial charge in [0.2, 0.25) is 18.6 Å². The molecule has 8 nitrogen and oxygen atoms in total. The van der Waals surface area contributed by atoms with Gasteiger partial charge in [-0.25, -0.2) is 0 Å². The molecule has 2 amide bonds. The third-order valence-electron chi connectivity index (χ3n) is 8.50. The van der Waals surface area contributed by atoms with Crippen LogP contribution in [0.2, 0.25) is 0 Å². The number of rotatable bonds is 14. The van der Waals surface area contributed by atoms with Gasteiger partial charge in [0, 0.05) is 6.42 Å². The molecule has 0 radical (unpaired) electrons. The molecule has 1 aromatic rings. The average Bonchev–Trinajstić information content (AvgIpc) is 3.55. The van der Waals surface area contributed by atoms with Crippen molar-refractivity contribution in [2.24, 2.45) is 28.9 Å². The number of ether oxygens (including phenoxy) is 2. The number of carbonyl (C=O) groups excluding carboxylic acids is 2. The van der Waals surface area contributed by atoms with Crippen molar-refractivity contribution in [3.05, 3.63) is 23.8 Å². The number of aliphatic hydroxyl groups excluding tert-OH is 2. The zero-order valence-corrected chi connectivity index (χ0v) is 23.0. The Balaban J connectivity index is 1.60. The Kier molecular flexibility index (Phi) is 9.58. The van der Waals surface area contributed by atoms with Crippen LogP contribution in [0.4, 0.5) is 0 Å². The quantitative estimate of drug-likeness (QED) is 0.289. The number of carbonyl (C=O) groups is 2. The van der Waals surface area contributed by atoms with E-state index < -0.39 is 29.6 Å². The molecule has 2 aliphatic carbocycles. The van der Waals surface area contributed by atoms with Gasteiger partial charge >= 0.3 is 0 Å². The van der Waals surface area contributed by atoms with Crippen LogP contribution < -0.4 is 20.5 Å². The molecule has 38 heavy (non-hydrogen) atoms. The Labute approximate surface area is 226 Å². The second-order valence-corrected chi connectivity index (χ2v) is 12.4. The fourth-order valence-corrected chi connectivity index (χ4v) is 6.39. The van der Waals surface area contributed by atoms with E-state index in [9.17, 15) is 19.8 Å². The fourth-order valence-electron chi connectivity index (χ4n) is 6.39. The normalized spacial score (nSPS) is 21.5. The molecule has 3 aliphatic rings. The van der Waals surface area contributed by atoms with Crippen molar-refractivity contribution >= 4 is 11.8 Å². The van der Waals surface area contributed by atoms with Crippen LogP contribution >= 0.6 is 0 Å². The molecule has 0 unspecified atom stereocenters. The number of hydrogen-bond acceptors (Lipinski definition) is 6. The largest absolute Gasteiger partial charge is 0.454 e. The molecule has 1 heterocycles. The first-order valence-corrected chi connectivity index (χ1v) is 14.5. The monoisotopic (exact) mass is 530 g/mol. The number of fused-ring (bicyclic) bond motifs is 1. The maximum atomic E-state index is 14.2. The summed E-state index contributed by atoms with van der Waals surface area (Å²) >= 11 is 0. The molecule has 1 aromatic carbocycles. The first-order valence-electron chi connectivity index (χ1n) is 14.5. The van der Waals surface area contributed by atoms with Crippen molar-refractivity contribution in [2.45, 2.75) is 109 Å². The molecule has 4 rings (SSSR count). The summed E-state index contributed by atoms with van der Waals surface area (Å²) in [6.45, 7) is 4.17. The standard InChI is InChI=1S/C30H46N2O6/c1-19(2)12-24(33)28(35)23(13-20-6-4-3-5-7-20)32-29(36)30(17-27(31)34,15-21-8-9-21)16-22-10-11-25-26(14-22)38-18-37-25/h10-11,14,19-21,23-24,28,33,35H,3-9,12-13,15-18H2,1-2H3,(H2,31,34)(H,32,36)/t23-,24-,28+,30+/m0/s1. The lowest BCUT2D eigenvalue weighted by atomic mass is 9.72. The predicted octanol–water partition coefficient (Wildman–Crippen LogP) is 3.84. The van der Waals surface area contributed by atoms with E-state index >= 15 is 0 Å². The minimum absolute atomic E-state index is 0.0788.